The second-order valence-electron chi connectivity index (χ2n) is 12.1. The fourth-order valence-corrected chi connectivity index (χ4v) is 8.20. The molecular weight excluding hydrogens is 597 g/mol. The van der Waals surface area contributed by atoms with Crippen LogP contribution in [-0.4, -0.2) is 33.7 Å². The smallest absolute Gasteiger partial charge is 0.260 e. The molecule has 6 atom stereocenters. The summed E-state index contributed by atoms with van der Waals surface area (Å²) in [7, 11) is 0. The highest BCUT2D eigenvalue weighted by Gasteiger charge is 2.70. The molecule has 3 aromatic rings. The zero-order valence-corrected chi connectivity index (χ0v) is 24.8. The van der Waals surface area contributed by atoms with Gasteiger partial charge in [0.25, 0.3) is 11.8 Å². The molecular formula is C35H29ClFN3O5. The van der Waals surface area contributed by atoms with Crippen LogP contribution in [0.1, 0.15) is 35.4 Å². The summed E-state index contributed by atoms with van der Waals surface area (Å²) >= 11 is 6.30. The number of fused-ring (bicyclic) bond motifs is 4. The Morgan fingerprint density at radius 3 is 2.47 bits per heavy atom. The fraction of sp³-hybridized carbons (Fsp3) is 0.257. The van der Waals surface area contributed by atoms with Crippen molar-refractivity contribution in [3.8, 4) is 5.75 Å². The number of halogens is 2. The number of rotatable bonds is 6. The van der Waals surface area contributed by atoms with Gasteiger partial charge in [-0.3, -0.25) is 29.9 Å². The van der Waals surface area contributed by atoms with Crippen LogP contribution in [0.5, 0.6) is 5.75 Å². The van der Waals surface area contributed by atoms with Crippen LogP contribution in [0.25, 0.3) is 0 Å². The molecule has 3 aromatic carbocycles. The molecule has 0 bridgehead atoms. The molecule has 2 heterocycles. The molecule has 0 radical (unpaired) electrons. The molecule has 228 valence electrons. The molecule has 6 unspecified atom stereocenters. The highest BCUT2D eigenvalue weighted by molar-refractivity contribution is 6.30. The van der Waals surface area contributed by atoms with Crippen LogP contribution in [0.3, 0.4) is 0 Å². The molecule has 0 aromatic heterocycles. The first-order valence-corrected chi connectivity index (χ1v) is 15.2. The third-order valence-corrected chi connectivity index (χ3v) is 10.2. The summed E-state index contributed by atoms with van der Waals surface area (Å²) in [6.07, 6.45) is 4.33. The van der Waals surface area contributed by atoms with Crippen molar-refractivity contribution >= 4 is 40.9 Å². The molecule has 3 N–H and O–H groups in total. The molecule has 4 aliphatic rings. The van der Waals surface area contributed by atoms with Crippen molar-refractivity contribution in [2.75, 3.05) is 5.43 Å². The first-order valence-electron chi connectivity index (χ1n) is 14.8. The van der Waals surface area contributed by atoms with Gasteiger partial charge in [0.05, 0.1) is 28.9 Å². The average molecular weight is 626 g/mol. The van der Waals surface area contributed by atoms with Crippen molar-refractivity contribution < 1.29 is 28.7 Å². The number of benzene rings is 3. The molecule has 2 aliphatic carbocycles. The van der Waals surface area contributed by atoms with Gasteiger partial charge >= 0.3 is 0 Å². The summed E-state index contributed by atoms with van der Waals surface area (Å²) in [5.41, 5.74) is 3.93. The maximum Gasteiger partial charge on any atom is 0.260 e. The molecule has 0 spiro atoms. The lowest BCUT2D eigenvalue weighted by Crippen LogP contribution is -2.53. The molecule has 10 heteroatoms. The zero-order valence-electron chi connectivity index (χ0n) is 24.0. The molecule has 2 aliphatic heterocycles. The monoisotopic (exact) mass is 625 g/mol. The molecule has 4 amide bonds. The minimum Gasteiger partial charge on any atom is -0.507 e. The number of imide groups is 2. The molecule has 7 rings (SSSR count). The minimum atomic E-state index is -1.56. The normalized spacial score (nSPS) is 28.6. The SMILES string of the molecule is C=CCc1cccc(C2C3=CCC4C(=O)NC(=O)C4C3CC3C(=O)N(Nc4ccc(F)cc4)C(=O)C32c2ccc(Cl)cc2)c1O. The van der Waals surface area contributed by atoms with Crippen molar-refractivity contribution in [3.05, 3.63) is 119 Å². The van der Waals surface area contributed by atoms with Crippen LogP contribution in [0.4, 0.5) is 10.1 Å². The largest absolute Gasteiger partial charge is 0.507 e. The van der Waals surface area contributed by atoms with E-state index in [1.54, 1.807) is 48.5 Å². The van der Waals surface area contributed by atoms with E-state index in [-0.39, 0.29) is 24.5 Å². The van der Waals surface area contributed by atoms with Crippen LogP contribution in [0.2, 0.25) is 5.02 Å². The van der Waals surface area contributed by atoms with Crippen LogP contribution >= 0.6 is 11.6 Å². The molecule has 1 saturated carbocycles. The number of amides is 4. The fourth-order valence-electron chi connectivity index (χ4n) is 8.07. The predicted octanol–water partition coefficient (Wildman–Crippen LogP) is 5.19. The number of carbonyl (C=O) groups excluding carboxylic acids is 4. The number of anilines is 1. The maximum atomic E-state index is 15.0. The van der Waals surface area contributed by atoms with Gasteiger partial charge < -0.3 is 5.11 Å². The summed E-state index contributed by atoms with van der Waals surface area (Å²) in [5, 5.41) is 15.6. The second-order valence-corrected chi connectivity index (χ2v) is 12.5. The number of phenols is 1. The lowest BCUT2D eigenvalue weighted by molar-refractivity contribution is -0.138. The number of carbonyl (C=O) groups is 4. The summed E-state index contributed by atoms with van der Waals surface area (Å²) in [4.78, 5) is 55.5. The van der Waals surface area contributed by atoms with Gasteiger partial charge in [-0.05, 0) is 72.7 Å². The quantitative estimate of drug-likeness (QED) is 0.257. The van der Waals surface area contributed by atoms with Crippen LogP contribution in [-0.2, 0) is 31.0 Å². The van der Waals surface area contributed by atoms with Gasteiger partial charge in [-0.2, -0.15) is 5.01 Å². The molecule has 2 saturated heterocycles. The number of nitrogens with one attached hydrogen (secondary N) is 2. The molecule has 3 fully saturated rings. The number of hydrogen-bond acceptors (Lipinski definition) is 6. The Morgan fingerprint density at radius 2 is 1.76 bits per heavy atom. The number of hydrogen-bond donors (Lipinski definition) is 3. The molecule has 45 heavy (non-hydrogen) atoms. The van der Waals surface area contributed by atoms with Gasteiger partial charge in [0.2, 0.25) is 11.8 Å². The Morgan fingerprint density at radius 1 is 1.02 bits per heavy atom. The van der Waals surface area contributed by atoms with Gasteiger partial charge in [0.1, 0.15) is 11.6 Å². The summed E-state index contributed by atoms with van der Waals surface area (Å²) in [5.74, 6) is -6.07. The number of para-hydroxylation sites is 1. The van der Waals surface area contributed by atoms with E-state index in [2.05, 4.69) is 17.3 Å². The highest BCUT2D eigenvalue weighted by Crippen LogP contribution is 2.64. The lowest BCUT2D eigenvalue weighted by atomic mass is 9.49. The van der Waals surface area contributed by atoms with E-state index in [9.17, 15) is 23.9 Å². The minimum absolute atomic E-state index is 0.0321. The molecule has 8 nitrogen and oxygen atoms in total. The number of allylic oxidation sites excluding steroid dienone is 3. The number of aromatic hydroxyl groups is 1. The van der Waals surface area contributed by atoms with Crippen LogP contribution in [0.15, 0.2) is 91.0 Å². The Bertz CT molecular complexity index is 1810. The van der Waals surface area contributed by atoms with Crippen molar-refractivity contribution in [1.82, 2.24) is 10.3 Å². The Hall–Kier alpha value is -4.76. The van der Waals surface area contributed by atoms with Gasteiger partial charge in [0.15, 0.2) is 0 Å². The second kappa shape index (κ2) is 10.7. The van der Waals surface area contributed by atoms with Crippen LogP contribution < -0.4 is 10.7 Å². The van der Waals surface area contributed by atoms with E-state index in [0.717, 1.165) is 10.6 Å². The Balaban J connectivity index is 1.49. The van der Waals surface area contributed by atoms with Gasteiger partial charge in [-0.1, -0.05) is 59.7 Å². The number of hydrazine groups is 1. The van der Waals surface area contributed by atoms with E-state index < -0.39 is 58.5 Å². The average Bonchev–Trinajstić information content (AvgIpc) is 3.44. The van der Waals surface area contributed by atoms with Crippen LogP contribution in [0, 0.1) is 29.5 Å². The third-order valence-electron chi connectivity index (χ3n) is 9.93. The number of phenolic OH excluding ortho intramolecular Hbond substituents is 1. The summed E-state index contributed by atoms with van der Waals surface area (Å²) < 4.78 is 13.7. The standard InChI is InChI=1S/C35H29ClFN3O5/c1-2-4-18-5-3-6-25(30(18)41)29-23-15-16-24-28(32(43)38-31(24)42)26(23)17-27-33(44)40(39-22-13-11-21(37)12-14-22)34(45)35(27,29)19-7-9-20(36)10-8-19/h2-3,5-15,24,26-29,39,41H,1,4,16-17H2,(H,38,42,43). The van der Waals surface area contributed by atoms with Gasteiger partial charge in [-0.25, -0.2) is 4.39 Å². The summed E-state index contributed by atoms with van der Waals surface area (Å²) in [6.45, 7) is 3.81. The van der Waals surface area contributed by atoms with E-state index in [4.69, 9.17) is 11.6 Å². The van der Waals surface area contributed by atoms with E-state index in [1.807, 2.05) is 6.08 Å². The lowest BCUT2D eigenvalue weighted by Gasteiger charge is -2.50. The first kappa shape index (κ1) is 29.0. The third kappa shape index (κ3) is 4.24. The van der Waals surface area contributed by atoms with E-state index >= 15 is 4.79 Å². The zero-order chi connectivity index (χ0) is 31.6. The van der Waals surface area contributed by atoms with Crippen molar-refractivity contribution in [2.45, 2.75) is 30.6 Å². The Kier molecular flexibility index (Phi) is 6.89. The van der Waals surface area contributed by atoms with Gasteiger partial charge in [0, 0.05) is 16.5 Å². The van der Waals surface area contributed by atoms with E-state index in [1.165, 1.54) is 24.3 Å². The van der Waals surface area contributed by atoms with Crippen molar-refractivity contribution in [3.63, 3.8) is 0 Å². The maximum absolute atomic E-state index is 15.0. The van der Waals surface area contributed by atoms with Crippen molar-refractivity contribution in [2.24, 2.45) is 23.7 Å². The Labute approximate surface area is 263 Å². The van der Waals surface area contributed by atoms with Gasteiger partial charge in [-0.15, -0.1) is 6.58 Å². The predicted molar refractivity (Wildman–Crippen MR) is 164 cm³/mol. The van der Waals surface area contributed by atoms with E-state index in [0.29, 0.717) is 33.8 Å². The van der Waals surface area contributed by atoms with Crippen molar-refractivity contribution in [1.29, 1.82) is 0 Å². The summed E-state index contributed by atoms with van der Waals surface area (Å²) in [6, 6.07) is 17.3. The highest BCUT2D eigenvalue weighted by atomic mass is 35.5. The topological polar surface area (TPSA) is 116 Å². The first-order chi connectivity index (χ1) is 21.7. The number of nitrogens with zero attached hydrogens (tertiary/aromatic N) is 1.